The maximum atomic E-state index is 13.5. The number of anilines is 1. The number of hydrogen-bond acceptors (Lipinski definition) is 6. The number of fused-ring (bicyclic) bond motifs is 9. The molecule has 0 saturated carbocycles. The largest absolute Gasteiger partial charge is 0.508 e. The van der Waals surface area contributed by atoms with Gasteiger partial charge in [-0.05, 0) is 108 Å². The molecule has 8 nitrogen and oxygen atoms in total. The Morgan fingerprint density at radius 1 is 0.893 bits per heavy atom. The van der Waals surface area contributed by atoms with Gasteiger partial charge in [0.15, 0.2) is 17.5 Å². The topological polar surface area (TPSA) is 115 Å². The maximum Gasteiger partial charge on any atom is 0.192 e. The molecule has 0 saturated heterocycles. The number of rotatable bonds is 12. The molecule has 5 aromatic rings. The van der Waals surface area contributed by atoms with E-state index < -0.39 is 0 Å². The number of Topliss-reactive ketones (excluding diaryl/α,β-unsaturated/α-hetero) is 1. The summed E-state index contributed by atoms with van der Waals surface area (Å²) in [6, 6.07) is 34.2. The number of aryl methyl sites for hydroxylation is 2. The number of carbonyl (C=O) groups is 1. The zero-order chi connectivity index (χ0) is 39.1. The molecule has 0 radical (unpaired) electrons. The second-order valence-electron chi connectivity index (χ2n) is 14.5. The standard InChI is InChI=1S/C48H53N3O5/c1-50-48(49)51-40-16-11-15-35(30-40)14-7-4-3-5-10-17-42-32-41(52)22-18-36-20-25-45(54-2)46(31-36)56-33-37-19-23-43-38(29-37)21-24-44(53)47(43)39(26-27-55-42)28-34-12-8-6-9-13-34/h6,8-9,11-13,15-16,19-21,23-25,29-31,39,42,53H,3-5,7,10,14,17-18,22,28,32-33H2,1-2H3,(H3,49,50,51)/t39-,42-/m1/s1. The third-order valence-electron chi connectivity index (χ3n) is 10.4. The van der Waals surface area contributed by atoms with Crippen LogP contribution in [0.15, 0.2) is 108 Å². The number of guanidine groups is 1. The summed E-state index contributed by atoms with van der Waals surface area (Å²) in [6.45, 7) is 0.338. The fourth-order valence-electron chi connectivity index (χ4n) is 7.34. The van der Waals surface area contributed by atoms with Crippen molar-refractivity contribution in [2.24, 2.45) is 10.7 Å². The summed E-state index contributed by atoms with van der Waals surface area (Å²) in [6.07, 6.45) is 11.6. The predicted octanol–water partition coefficient (Wildman–Crippen LogP) is 9.65. The average molecular weight is 752 g/mol. The van der Waals surface area contributed by atoms with Gasteiger partial charge in [0, 0.05) is 31.1 Å². The summed E-state index contributed by atoms with van der Waals surface area (Å²) < 4.78 is 18.2. The van der Waals surface area contributed by atoms with E-state index in [4.69, 9.17) is 19.9 Å². The van der Waals surface area contributed by atoms with Gasteiger partial charge in [0.05, 0.1) is 13.0 Å². The van der Waals surface area contributed by atoms with Crippen molar-refractivity contribution in [2.75, 3.05) is 19.5 Å². The van der Waals surface area contributed by atoms with Crippen molar-refractivity contribution in [3.63, 3.8) is 0 Å². The molecule has 2 atom stereocenters. The van der Waals surface area contributed by atoms with Crippen LogP contribution < -0.4 is 20.5 Å². The Bertz CT molecular complexity index is 2170. The van der Waals surface area contributed by atoms with Gasteiger partial charge in [0.2, 0.25) is 0 Å². The van der Waals surface area contributed by atoms with E-state index in [-0.39, 0.29) is 30.0 Å². The van der Waals surface area contributed by atoms with Gasteiger partial charge in [0.25, 0.3) is 0 Å². The monoisotopic (exact) mass is 751 g/mol. The minimum absolute atomic E-state index is 0.137. The molecule has 5 aromatic carbocycles. The first kappa shape index (κ1) is 39.7. The summed E-state index contributed by atoms with van der Waals surface area (Å²) in [4.78, 5) is 17.4. The Balaban J connectivity index is 1.18. The lowest BCUT2D eigenvalue weighted by Gasteiger charge is -2.18. The highest BCUT2D eigenvalue weighted by Crippen LogP contribution is 2.36. The maximum absolute atomic E-state index is 13.5. The number of aromatic hydroxyl groups is 1. The van der Waals surface area contributed by atoms with Gasteiger partial charge >= 0.3 is 0 Å². The quantitative estimate of drug-likeness (QED) is 0.0503. The van der Waals surface area contributed by atoms with Crippen molar-refractivity contribution in [1.29, 1.82) is 0 Å². The highest BCUT2D eigenvalue weighted by Gasteiger charge is 2.20. The number of nitrogens with zero attached hydrogens (tertiary/aromatic N) is 1. The lowest BCUT2D eigenvalue weighted by molar-refractivity contribution is -0.121. The highest BCUT2D eigenvalue weighted by atomic mass is 16.5. The van der Waals surface area contributed by atoms with E-state index in [0.717, 1.165) is 83.7 Å². The van der Waals surface area contributed by atoms with E-state index in [2.05, 4.69) is 52.7 Å². The first-order chi connectivity index (χ1) is 27.4. The van der Waals surface area contributed by atoms with Crippen molar-refractivity contribution in [3.8, 4) is 29.3 Å². The molecule has 0 unspecified atom stereocenters. The van der Waals surface area contributed by atoms with Gasteiger partial charge < -0.3 is 30.4 Å². The van der Waals surface area contributed by atoms with Crippen LogP contribution in [0.4, 0.5) is 5.69 Å². The zero-order valence-electron chi connectivity index (χ0n) is 32.6. The van der Waals surface area contributed by atoms with E-state index >= 15 is 0 Å². The van der Waals surface area contributed by atoms with E-state index in [1.54, 1.807) is 20.2 Å². The molecule has 290 valence electrons. The smallest absolute Gasteiger partial charge is 0.192 e. The number of unbranched alkanes of at least 4 members (excludes halogenated alkanes) is 4. The van der Waals surface area contributed by atoms with Gasteiger partial charge in [-0.1, -0.05) is 91.9 Å². The summed E-state index contributed by atoms with van der Waals surface area (Å²) >= 11 is 0. The van der Waals surface area contributed by atoms with Crippen LogP contribution in [0, 0.1) is 12.0 Å². The third kappa shape index (κ3) is 11.3. The van der Waals surface area contributed by atoms with E-state index in [9.17, 15) is 9.90 Å². The number of hydrogen-bond donors (Lipinski definition) is 3. The first-order valence-electron chi connectivity index (χ1n) is 19.7. The molecule has 6 bridgehead atoms. The number of phenolic OH excluding ortho intramolecular Hbond substituents is 1. The molecule has 0 fully saturated rings. The lowest BCUT2D eigenvalue weighted by Crippen LogP contribution is -2.21. The number of carbonyl (C=O) groups excluding carboxylic acids is 1. The normalized spacial score (nSPS) is 16.2. The fourth-order valence-corrected chi connectivity index (χ4v) is 7.34. The molecular weight excluding hydrogens is 699 g/mol. The third-order valence-corrected chi connectivity index (χ3v) is 10.4. The molecule has 2 heterocycles. The van der Waals surface area contributed by atoms with Gasteiger partial charge in [-0.15, -0.1) is 0 Å². The van der Waals surface area contributed by atoms with Crippen LogP contribution in [0.1, 0.15) is 85.1 Å². The van der Waals surface area contributed by atoms with Crippen LogP contribution in [-0.2, 0) is 35.4 Å². The molecule has 0 aliphatic carbocycles. The van der Waals surface area contributed by atoms with Crippen LogP contribution in [-0.4, -0.2) is 37.1 Å². The second-order valence-corrected chi connectivity index (χ2v) is 14.5. The minimum Gasteiger partial charge on any atom is -0.508 e. The van der Waals surface area contributed by atoms with Crippen LogP contribution in [0.25, 0.3) is 10.8 Å². The SMILES string of the molecule is CN=C(N)Nc1cccc(CCCCCCC[C@@H]2CC(=O)CCc3ccc(OC)c(c3)OCc3ccc4c(c(O)ccc4c3)[C@@H](Cc3ccccc3)C#CO2)c1. The Kier molecular flexibility index (Phi) is 14.3. The van der Waals surface area contributed by atoms with E-state index in [1.807, 2.05) is 66.7 Å². The second kappa shape index (κ2) is 20.1. The van der Waals surface area contributed by atoms with Crippen LogP contribution >= 0.6 is 0 Å². The van der Waals surface area contributed by atoms with E-state index in [1.165, 1.54) is 5.56 Å². The fraction of sp³-hybridized carbons (Fsp3) is 0.333. The van der Waals surface area contributed by atoms with Gasteiger partial charge in [0.1, 0.15) is 30.4 Å². The summed E-state index contributed by atoms with van der Waals surface area (Å²) in [5.41, 5.74) is 11.9. The Labute approximate surface area is 331 Å². The van der Waals surface area contributed by atoms with Crippen molar-refractivity contribution < 1.29 is 24.1 Å². The summed E-state index contributed by atoms with van der Waals surface area (Å²) in [5, 5.41) is 16.3. The number of aliphatic imine (C=N–C) groups is 1. The molecule has 2 aliphatic heterocycles. The Hall–Kier alpha value is -5.94. The van der Waals surface area contributed by atoms with E-state index in [0.29, 0.717) is 43.3 Å². The number of ether oxygens (including phenoxy) is 3. The molecule has 0 aromatic heterocycles. The summed E-state index contributed by atoms with van der Waals surface area (Å²) in [5.74, 6) is 5.04. The van der Waals surface area contributed by atoms with Crippen molar-refractivity contribution in [2.45, 2.75) is 89.3 Å². The van der Waals surface area contributed by atoms with Crippen LogP contribution in [0.5, 0.6) is 17.2 Å². The lowest BCUT2D eigenvalue weighted by atomic mass is 9.88. The predicted molar refractivity (Wildman–Crippen MR) is 225 cm³/mol. The zero-order valence-corrected chi connectivity index (χ0v) is 32.6. The number of methoxy groups -OCH3 is 1. The first-order valence-corrected chi connectivity index (χ1v) is 19.7. The number of benzene rings is 5. The minimum atomic E-state index is -0.346. The molecule has 7 rings (SSSR count). The summed E-state index contributed by atoms with van der Waals surface area (Å²) in [7, 11) is 3.29. The number of ketones is 1. The Morgan fingerprint density at radius 3 is 2.54 bits per heavy atom. The highest BCUT2D eigenvalue weighted by molar-refractivity contribution is 5.92. The van der Waals surface area contributed by atoms with Crippen LogP contribution in [0.3, 0.4) is 0 Å². The molecule has 4 N–H and O–H groups in total. The number of nitrogens with two attached hydrogens (primary N) is 1. The molecule has 0 amide bonds. The van der Waals surface area contributed by atoms with Gasteiger partial charge in [-0.3, -0.25) is 9.79 Å². The molecule has 2 aliphatic rings. The van der Waals surface area contributed by atoms with Gasteiger partial charge in [-0.2, -0.15) is 0 Å². The number of phenols is 1. The van der Waals surface area contributed by atoms with Gasteiger partial charge in [-0.25, -0.2) is 0 Å². The Morgan fingerprint density at radius 2 is 1.70 bits per heavy atom. The van der Waals surface area contributed by atoms with Crippen molar-refractivity contribution >= 4 is 28.2 Å². The average Bonchev–Trinajstić information content (AvgIpc) is 3.21. The van der Waals surface area contributed by atoms with Crippen LogP contribution in [0.2, 0.25) is 0 Å². The molecule has 8 heteroatoms. The molecule has 56 heavy (non-hydrogen) atoms. The van der Waals surface area contributed by atoms with Crippen molar-refractivity contribution in [3.05, 3.63) is 131 Å². The molecule has 0 spiro atoms. The number of nitrogens with one attached hydrogen (secondary N) is 1. The van der Waals surface area contributed by atoms with Crippen molar-refractivity contribution in [1.82, 2.24) is 0 Å². The molecular formula is C48H53N3O5.